The van der Waals surface area contributed by atoms with Crippen molar-refractivity contribution in [1.29, 1.82) is 0 Å². The molecule has 1 heterocycles. The minimum absolute atomic E-state index is 0.702. The van der Waals surface area contributed by atoms with E-state index in [0.717, 1.165) is 55.7 Å². The Kier molecular flexibility index (Phi) is 6.75. The van der Waals surface area contributed by atoms with Gasteiger partial charge in [0, 0.05) is 27.6 Å². The zero-order valence-corrected chi connectivity index (χ0v) is 27.9. The van der Waals surface area contributed by atoms with Gasteiger partial charge in [0.1, 0.15) is 11.2 Å². The van der Waals surface area contributed by atoms with E-state index >= 15 is 0 Å². The van der Waals surface area contributed by atoms with Crippen LogP contribution in [-0.2, 0) is 5.41 Å². The predicted molar refractivity (Wildman–Crippen MR) is 211 cm³/mol. The van der Waals surface area contributed by atoms with E-state index in [1.165, 1.54) is 27.8 Å². The van der Waals surface area contributed by atoms with Gasteiger partial charge in [-0.1, -0.05) is 164 Å². The molecule has 51 heavy (non-hydrogen) atoms. The number of anilines is 3. The second-order valence-electron chi connectivity index (χ2n) is 13.2. The lowest BCUT2D eigenvalue weighted by Gasteiger charge is -2.38. The molecule has 2 nitrogen and oxygen atoms in total. The summed E-state index contributed by atoms with van der Waals surface area (Å²) >= 11 is 0. The van der Waals surface area contributed by atoms with E-state index in [-0.39, 0.29) is 0 Å². The first-order valence-corrected chi connectivity index (χ1v) is 17.5. The normalized spacial score (nSPS) is 12.9. The number of benzene rings is 8. The minimum atomic E-state index is -0.702. The number of fused-ring (bicyclic) bond motifs is 6. The number of nitrogens with zero attached hydrogens (tertiary/aromatic N) is 1. The molecular formula is C49H33NO. The molecular weight excluding hydrogens is 619 g/mol. The van der Waals surface area contributed by atoms with Crippen LogP contribution in [0.15, 0.2) is 205 Å². The smallest absolute Gasteiger partial charge is 0.142 e. The fraction of sp³-hybridized carbons (Fsp3) is 0.0204. The van der Waals surface area contributed by atoms with Gasteiger partial charge in [0.2, 0.25) is 0 Å². The van der Waals surface area contributed by atoms with Gasteiger partial charge in [-0.3, -0.25) is 0 Å². The maximum atomic E-state index is 7.12. The third kappa shape index (κ3) is 4.36. The van der Waals surface area contributed by atoms with Gasteiger partial charge in [-0.25, -0.2) is 0 Å². The summed E-state index contributed by atoms with van der Waals surface area (Å²) in [6.07, 6.45) is 0. The van der Waals surface area contributed by atoms with E-state index in [9.17, 15) is 0 Å². The molecule has 0 amide bonds. The largest absolute Gasteiger partial charge is 0.456 e. The van der Waals surface area contributed by atoms with Crippen molar-refractivity contribution in [3.8, 4) is 22.3 Å². The van der Waals surface area contributed by atoms with Gasteiger partial charge in [-0.15, -0.1) is 0 Å². The van der Waals surface area contributed by atoms with E-state index in [2.05, 4.69) is 205 Å². The first-order valence-electron chi connectivity index (χ1n) is 17.5. The molecule has 0 unspecified atom stereocenters. The predicted octanol–water partition coefficient (Wildman–Crippen LogP) is 13.1. The van der Waals surface area contributed by atoms with Crippen LogP contribution in [0.1, 0.15) is 22.3 Å². The number of para-hydroxylation sites is 3. The van der Waals surface area contributed by atoms with E-state index in [1.54, 1.807) is 0 Å². The Bertz CT molecular complexity index is 2650. The quantitative estimate of drug-likeness (QED) is 0.178. The van der Waals surface area contributed by atoms with Gasteiger partial charge in [-0.2, -0.15) is 0 Å². The van der Waals surface area contributed by atoms with E-state index < -0.39 is 5.41 Å². The molecule has 1 aliphatic carbocycles. The highest BCUT2D eigenvalue weighted by molar-refractivity contribution is 6.10. The summed E-state index contributed by atoms with van der Waals surface area (Å²) in [7, 11) is 0. The highest BCUT2D eigenvalue weighted by Gasteiger charge is 2.49. The zero-order chi connectivity index (χ0) is 33.8. The summed E-state index contributed by atoms with van der Waals surface area (Å²) in [6, 6.07) is 72.1. The van der Waals surface area contributed by atoms with Crippen molar-refractivity contribution in [2.24, 2.45) is 0 Å². The van der Waals surface area contributed by atoms with Crippen LogP contribution >= 0.6 is 0 Å². The van der Waals surface area contributed by atoms with Crippen molar-refractivity contribution in [3.05, 3.63) is 222 Å². The summed E-state index contributed by atoms with van der Waals surface area (Å²) in [4.78, 5) is 2.44. The first kappa shape index (κ1) is 29.3. The molecule has 0 aliphatic heterocycles. The Balaban J connectivity index is 1.42. The van der Waals surface area contributed by atoms with Gasteiger partial charge in [0.05, 0.1) is 16.8 Å². The number of furan rings is 1. The minimum Gasteiger partial charge on any atom is -0.456 e. The molecule has 0 spiro atoms. The van der Waals surface area contributed by atoms with Crippen LogP contribution in [0.5, 0.6) is 0 Å². The fourth-order valence-corrected chi connectivity index (χ4v) is 8.49. The maximum absolute atomic E-state index is 7.12. The summed E-state index contributed by atoms with van der Waals surface area (Å²) in [5, 5.41) is 2.21. The zero-order valence-electron chi connectivity index (χ0n) is 27.9. The van der Waals surface area contributed by atoms with E-state index in [4.69, 9.17) is 4.42 Å². The Morgan fingerprint density at radius 3 is 1.65 bits per heavy atom. The first-order chi connectivity index (χ1) is 25.3. The molecule has 1 aliphatic rings. The van der Waals surface area contributed by atoms with Crippen molar-refractivity contribution in [2.45, 2.75) is 5.41 Å². The summed E-state index contributed by atoms with van der Waals surface area (Å²) in [5.41, 5.74) is 13.9. The number of hydrogen-bond donors (Lipinski definition) is 0. The lowest BCUT2D eigenvalue weighted by molar-refractivity contribution is 0.648. The molecule has 0 saturated heterocycles. The lowest BCUT2D eigenvalue weighted by atomic mass is 9.66. The van der Waals surface area contributed by atoms with Gasteiger partial charge in [0.15, 0.2) is 0 Å². The molecule has 240 valence electrons. The molecule has 0 N–H and O–H groups in total. The average molecular weight is 652 g/mol. The second kappa shape index (κ2) is 11.8. The van der Waals surface area contributed by atoms with Crippen LogP contribution in [0.4, 0.5) is 17.1 Å². The topological polar surface area (TPSA) is 16.4 Å². The molecule has 0 bridgehead atoms. The second-order valence-corrected chi connectivity index (χ2v) is 13.2. The maximum Gasteiger partial charge on any atom is 0.142 e. The molecule has 0 saturated carbocycles. The summed E-state index contributed by atoms with van der Waals surface area (Å²) in [5.74, 6) is 0. The number of rotatable bonds is 6. The van der Waals surface area contributed by atoms with Gasteiger partial charge in [0.25, 0.3) is 0 Å². The molecule has 0 fully saturated rings. The van der Waals surface area contributed by atoms with Crippen molar-refractivity contribution >= 4 is 39.0 Å². The lowest BCUT2D eigenvalue weighted by Crippen LogP contribution is -2.31. The summed E-state index contributed by atoms with van der Waals surface area (Å²) < 4.78 is 7.12. The molecule has 1 aromatic heterocycles. The van der Waals surface area contributed by atoms with E-state index in [0.29, 0.717) is 0 Å². The van der Waals surface area contributed by atoms with Crippen LogP contribution in [0.25, 0.3) is 44.2 Å². The Morgan fingerprint density at radius 1 is 0.392 bits per heavy atom. The monoisotopic (exact) mass is 651 g/mol. The van der Waals surface area contributed by atoms with Crippen LogP contribution in [0, 0.1) is 0 Å². The van der Waals surface area contributed by atoms with Gasteiger partial charge < -0.3 is 9.32 Å². The summed E-state index contributed by atoms with van der Waals surface area (Å²) in [6.45, 7) is 0. The molecule has 2 heteroatoms. The van der Waals surface area contributed by atoms with Gasteiger partial charge >= 0.3 is 0 Å². The van der Waals surface area contributed by atoms with Crippen molar-refractivity contribution in [2.75, 3.05) is 4.90 Å². The SMILES string of the molecule is c1ccc(-c2ccccc2N(c2ccccc2)c2ccc3c(oc4ccccc43)c2C2(c3ccccc3)c3ccccc3-c3ccccc32)cc1. The molecule has 0 radical (unpaired) electrons. The van der Waals surface area contributed by atoms with Gasteiger partial charge in [-0.05, 0) is 69.8 Å². The van der Waals surface area contributed by atoms with Crippen LogP contribution in [0.3, 0.4) is 0 Å². The average Bonchev–Trinajstić information content (AvgIpc) is 3.73. The van der Waals surface area contributed by atoms with Crippen LogP contribution < -0.4 is 4.90 Å². The highest BCUT2D eigenvalue weighted by atomic mass is 16.3. The van der Waals surface area contributed by atoms with E-state index in [1.807, 2.05) is 0 Å². The third-order valence-electron chi connectivity index (χ3n) is 10.5. The number of hydrogen-bond acceptors (Lipinski definition) is 2. The Labute approximate surface area is 297 Å². The van der Waals surface area contributed by atoms with Crippen molar-refractivity contribution < 1.29 is 4.42 Å². The Morgan fingerprint density at radius 2 is 0.941 bits per heavy atom. The van der Waals surface area contributed by atoms with Crippen molar-refractivity contribution in [1.82, 2.24) is 0 Å². The van der Waals surface area contributed by atoms with Crippen LogP contribution in [0.2, 0.25) is 0 Å². The van der Waals surface area contributed by atoms with Crippen molar-refractivity contribution in [3.63, 3.8) is 0 Å². The Hall–Kier alpha value is -6.64. The molecule has 9 aromatic rings. The standard InChI is InChI=1S/C49H33NO/c1-4-18-34(19-5-1)37-24-12-16-30-44(37)50(36-22-8-3-9-23-36)45-33-32-41-40-27-13-17-31-46(40)51-48(41)47(45)49(35-20-6-2-7-21-35)42-28-14-10-25-38(42)39-26-11-15-29-43(39)49/h1-33H. The third-order valence-corrected chi connectivity index (χ3v) is 10.5. The fourth-order valence-electron chi connectivity index (χ4n) is 8.49. The molecule has 10 rings (SSSR count). The molecule has 8 aromatic carbocycles. The highest BCUT2D eigenvalue weighted by Crippen LogP contribution is 2.61. The van der Waals surface area contributed by atoms with Crippen LogP contribution in [-0.4, -0.2) is 0 Å². The molecule has 0 atom stereocenters.